The molecule has 0 aromatic heterocycles. The molecule has 0 N–H and O–H groups in total. The fourth-order valence-electron chi connectivity index (χ4n) is 1.11. The Morgan fingerprint density at radius 2 is 1.62 bits per heavy atom. The van der Waals surface area contributed by atoms with E-state index >= 15 is 0 Å². The standard InChI is InChI=1S/C10H20O2S.CH3.S.Sn/c1-2-3-4-5-6-7-8-12-10(11)9-13;;;/h13H,2-9H2,1H3;1H3;;/q;;-2;+3/p-1. The molecule has 0 aliphatic carbocycles. The summed E-state index contributed by atoms with van der Waals surface area (Å²) in [5.74, 6) is -0.181. The van der Waals surface area contributed by atoms with Crippen molar-refractivity contribution < 1.29 is 9.53 Å². The van der Waals surface area contributed by atoms with E-state index in [9.17, 15) is 4.79 Å². The van der Waals surface area contributed by atoms with Crippen LogP contribution in [0.5, 0.6) is 0 Å². The Morgan fingerprint density at radius 1 is 1.12 bits per heavy atom. The van der Waals surface area contributed by atoms with Crippen LogP contribution >= 0.6 is 0 Å². The monoisotopic (exact) mass is 370 g/mol. The van der Waals surface area contributed by atoms with Gasteiger partial charge in [-0.2, -0.15) is 0 Å². The van der Waals surface area contributed by atoms with Gasteiger partial charge in [-0.15, -0.1) is 0 Å². The minimum absolute atomic E-state index is 0. The molecule has 0 saturated heterocycles. The molecule has 0 aliphatic rings. The number of ether oxygens (including phenoxy) is 1. The van der Waals surface area contributed by atoms with E-state index in [1.807, 2.05) is 0 Å². The molecule has 0 aromatic carbocycles. The van der Waals surface area contributed by atoms with Gasteiger partial charge in [0, 0.05) is 0 Å². The molecule has 0 amide bonds. The third-order valence-electron chi connectivity index (χ3n) is 1.88. The second kappa shape index (κ2) is 21.3. The number of hydrogen-bond donors (Lipinski definition) is 0. The van der Waals surface area contributed by atoms with Crippen LogP contribution in [0.3, 0.4) is 0 Å². The molecule has 2 nitrogen and oxygen atoms in total. The predicted octanol–water partition coefficient (Wildman–Crippen LogP) is 2.64. The summed E-state index contributed by atoms with van der Waals surface area (Å²) in [7, 11) is 0. The molecule has 0 spiro atoms. The minimum atomic E-state index is -0.261. The van der Waals surface area contributed by atoms with Crippen LogP contribution < -0.4 is 0 Å². The van der Waals surface area contributed by atoms with Gasteiger partial charge >= 0.3 is 27.5 Å². The normalized spacial score (nSPS) is 8.56. The van der Waals surface area contributed by atoms with E-state index in [2.05, 4.69) is 24.5 Å². The molecule has 0 heterocycles. The second-order valence-electron chi connectivity index (χ2n) is 3.13. The zero-order chi connectivity index (χ0) is 11.9. The minimum Gasteiger partial charge on any atom is -2.00 e. The van der Waals surface area contributed by atoms with Crippen molar-refractivity contribution in [2.45, 2.75) is 50.4 Å². The third-order valence-corrected chi connectivity index (χ3v) is 2.11. The molecular formula is C11H22O2S2Sn. The van der Waals surface area contributed by atoms with Gasteiger partial charge in [0.15, 0.2) is 0 Å². The first-order chi connectivity index (χ1) is 7.31. The summed E-state index contributed by atoms with van der Waals surface area (Å²) in [5.41, 5.74) is 0. The van der Waals surface area contributed by atoms with E-state index in [1.54, 1.807) is 22.5 Å². The van der Waals surface area contributed by atoms with Crippen molar-refractivity contribution in [2.24, 2.45) is 0 Å². The van der Waals surface area contributed by atoms with Crippen molar-refractivity contribution in [2.75, 3.05) is 12.4 Å². The molecule has 0 radical (unpaired) electrons. The van der Waals surface area contributed by atoms with Gasteiger partial charge in [-0.25, -0.2) is 0 Å². The van der Waals surface area contributed by atoms with Gasteiger partial charge in [-0.1, -0.05) is 44.8 Å². The van der Waals surface area contributed by atoms with E-state index in [1.165, 1.54) is 25.7 Å². The second-order valence-corrected chi connectivity index (χ2v) is 3.42. The number of rotatable bonds is 8. The number of carbonyl (C=O) groups is 1. The number of unbranched alkanes of at least 4 members (excludes halogenated alkanes) is 5. The Kier molecular flexibility index (Phi) is 29.5. The van der Waals surface area contributed by atoms with Gasteiger partial charge in [-0.05, 0) is 6.42 Å². The molecule has 0 saturated carbocycles. The maximum Gasteiger partial charge on any atom is -2.00 e. The Labute approximate surface area is 126 Å². The van der Waals surface area contributed by atoms with Gasteiger partial charge in [0.2, 0.25) is 0 Å². The van der Waals surface area contributed by atoms with Gasteiger partial charge in [0.25, 0.3) is 5.97 Å². The summed E-state index contributed by atoms with van der Waals surface area (Å²) in [5, 5.41) is 0. The zero-order valence-corrected chi connectivity index (χ0v) is 14.8. The summed E-state index contributed by atoms with van der Waals surface area (Å²) in [6.07, 6.45) is 7.26. The van der Waals surface area contributed by atoms with E-state index in [-0.39, 0.29) is 25.2 Å². The van der Waals surface area contributed by atoms with Crippen molar-refractivity contribution in [1.29, 1.82) is 0 Å². The molecule has 5 heteroatoms. The summed E-state index contributed by atoms with van der Waals surface area (Å²) in [6, 6.07) is 0. The molecule has 0 unspecified atom stereocenters. The van der Waals surface area contributed by atoms with Crippen LogP contribution in [0.4, 0.5) is 0 Å². The first kappa shape index (κ1) is 22.2. The van der Waals surface area contributed by atoms with Crippen molar-refractivity contribution in [3.8, 4) is 0 Å². The van der Waals surface area contributed by atoms with E-state index in [0.717, 1.165) is 12.8 Å². The fourth-order valence-corrected chi connectivity index (χ4v) is 1.19. The number of hydrogen-bond acceptors (Lipinski definition) is 3. The molecular weight excluding hydrogens is 347 g/mol. The van der Waals surface area contributed by atoms with Crippen LogP contribution in [0.2, 0.25) is 4.94 Å². The predicted molar refractivity (Wildman–Crippen MR) is 75.6 cm³/mol. The molecule has 0 atom stereocenters. The van der Waals surface area contributed by atoms with Crippen molar-refractivity contribution in [1.82, 2.24) is 0 Å². The molecule has 0 rings (SSSR count). The first-order valence-corrected chi connectivity index (χ1v) is 8.98. The maximum absolute atomic E-state index is 10.6. The van der Waals surface area contributed by atoms with Crippen molar-refractivity contribution in [3.63, 3.8) is 0 Å². The van der Waals surface area contributed by atoms with Gasteiger partial charge in [-0.3, -0.25) is 4.79 Å². The smallest absolute Gasteiger partial charge is 2.00 e. The quantitative estimate of drug-likeness (QED) is 0.285. The molecule has 94 valence electrons. The Balaban J connectivity index is -0.000000529. The summed E-state index contributed by atoms with van der Waals surface area (Å²) in [4.78, 5) is 12.7. The van der Waals surface area contributed by atoms with Crippen LogP contribution in [0.25, 0.3) is 0 Å². The third kappa shape index (κ3) is 20.4. The topological polar surface area (TPSA) is 26.3 Å². The van der Waals surface area contributed by atoms with E-state index in [4.69, 9.17) is 4.74 Å². The molecule has 0 fully saturated rings. The Bertz CT molecular complexity index is 135. The van der Waals surface area contributed by atoms with Gasteiger partial charge in [0.05, 0.1) is 6.61 Å². The molecule has 0 bridgehead atoms. The number of carbonyl (C=O) groups excluding carboxylic acids is 1. The first-order valence-electron chi connectivity index (χ1n) is 5.55. The Hall–Kier alpha value is 0.969. The summed E-state index contributed by atoms with van der Waals surface area (Å²) < 4.78 is 4.85. The molecule has 0 aromatic rings. The van der Waals surface area contributed by atoms with Crippen LogP contribution in [0.1, 0.15) is 45.4 Å². The van der Waals surface area contributed by atoms with Crippen molar-refractivity contribution in [3.05, 3.63) is 0 Å². The van der Waals surface area contributed by atoms with Crippen LogP contribution in [-0.4, -0.2) is 40.9 Å². The Morgan fingerprint density at radius 3 is 2.12 bits per heavy atom. The largest absolute Gasteiger partial charge is 2.00 e. The number of esters is 1. The average Bonchev–Trinajstić information content (AvgIpc) is 2.30. The summed E-state index contributed by atoms with van der Waals surface area (Å²) in [6.45, 7) is 2.74. The van der Waals surface area contributed by atoms with Crippen LogP contribution in [0, 0.1) is 0 Å². The summed E-state index contributed by atoms with van der Waals surface area (Å²) >= 11 is 6.09. The average molecular weight is 369 g/mol. The van der Waals surface area contributed by atoms with E-state index in [0.29, 0.717) is 6.61 Å². The SMILES string of the molecule is CCCCCCCCOC(=O)C[S-].[CH3][Sn+3].[S-2]. The maximum atomic E-state index is 10.6. The molecule has 0 aliphatic heterocycles. The van der Waals surface area contributed by atoms with Gasteiger partial charge in [0.1, 0.15) is 0 Å². The fraction of sp³-hybridized carbons (Fsp3) is 0.909. The van der Waals surface area contributed by atoms with Crippen LogP contribution in [-0.2, 0) is 35.7 Å². The van der Waals surface area contributed by atoms with Crippen molar-refractivity contribution >= 4 is 54.6 Å². The molecule has 16 heavy (non-hydrogen) atoms. The van der Waals surface area contributed by atoms with Crippen LogP contribution in [0.15, 0.2) is 0 Å². The van der Waals surface area contributed by atoms with Gasteiger partial charge < -0.3 is 30.9 Å². The van der Waals surface area contributed by atoms with E-state index < -0.39 is 0 Å². The zero-order valence-electron chi connectivity index (χ0n) is 10.3.